The lowest BCUT2D eigenvalue weighted by atomic mass is 9.81. The monoisotopic (exact) mass is 496 g/mol. The standard InChI is InChI=1S/C22H27F3N6O2S/c1-13-7-21(18-16(3-6-33-21)17(11-32)19(34-18)22(23,24)25)4-5-30(13)9-15-8-28-31(10-15)14(2)20-26-12-27-29-20/h8,10,12-14,32H,3-7,9,11H2,1-2H3,(H,26,27,29)/t13-,14?,21+/m0/s1. The SMILES string of the molecule is CC(c1nnc[nH]1)n1cc(CN2CC[C@]3(C[C@@H]2C)OCCc2c3sc(C(F)(F)F)c2CO)cn1. The molecule has 1 fully saturated rings. The van der Waals surface area contributed by atoms with E-state index in [4.69, 9.17) is 4.74 Å². The summed E-state index contributed by atoms with van der Waals surface area (Å²) in [7, 11) is 0. The first-order valence-electron chi connectivity index (χ1n) is 11.3. The van der Waals surface area contributed by atoms with E-state index in [9.17, 15) is 18.3 Å². The molecular formula is C22H27F3N6O2S. The molecule has 0 radical (unpaired) electrons. The molecule has 0 bridgehead atoms. The normalized spacial score (nSPS) is 24.5. The number of H-pyrrole nitrogens is 1. The molecule has 2 aliphatic rings. The van der Waals surface area contributed by atoms with Gasteiger partial charge >= 0.3 is 6.18 Å². The first kappa shape index (κ1) is 23.5. The average Bonchev–Trinajstić information content (AvgIpc) is 3.55. The number of ether oxygens (including phenoxy) is 1. The van der Waals surface area contributed by atoms with E-state index in [2.05, 4.69) is 32.1 Å². The molecule has 3 atom stereocenters. The summed E-state index contributed by atoms with van der Waals surface area (Å²) in [4.78, 5) is 5.28. The number of aliphatic hydroxyl groups is 1. The summed E-state index contributed by atoms with van der Waals surface area (Å²) < 4.78 is 49.0. The largest absolute Gasteiger partial charge is 0.425 e. The van der Waals surface area contributed by atoms with E-state index in [1.807, 2.05) is 24.0 Å². The van der Waals surface area contributed by atoms with Crippen molar-refractivity contribution in [2.24, 2.45) is 0 Å². The molecule has 3 aromatic rings. The van der Waals surface area contributed by atoms with Crippen LogP contribution < -0.4 is 0 Å². The second kappa shape index (κ2) is 8.74. The van der Waals surface area contributed by atoms with E-state index in [-0.39, 0.29) is 17.6 Å². The smallest absolute Gasteiger partial charge is 0.392 e. The maximum atomic E-state index is 13.6. The van der Waals surface area contributed by atoms with Gasteiger partial charge in [-0.05, 0) is 38.7 Å². The molecule has 3 aromatic heterocycles. The fourth-order valence-electron chi connectivity index (χ4n) is 5.22. The van der Waals surface area contributed by atoms with E-state index in [0.29, 0.717) is 49.4 Å². The van der Waals surface area contributed by atoms with Crippen molar-refractivity contribution >= 4 is 11.3 Å². The van der Waals surface area contributed by atoms with Crippen molar-refractivity contribution in [3.63, 3.8) is 0 Å². The molecule has 5 rings (SSSR count). The number of alkyl halides is 3. The van der Waals surface area contributed by atoms with Crippen LogP contribution >= 0.6 is 11.3 Å². The molecule has 5 heterocycles. The second-order valence-electron chi connectivity index (χ2n) is 9.12. The molecule has 0 aliphatic carbocycles. The highest BCUT2D eigenvalue weighted by Gasteiger charge is 2.48. The summed E-state index contributed by atoms with van der Waals surface area (Å²) in [5.41, 5.74) is 0.984. The minimum atomic E-state index is -4.48. The lowest BCUT2D eigenvalue weighted by Crippen LogP contribution is -2.50. The van der Waals surface area contributed by atoms with Crippen LogP contribution in [0.1, 0.15) is 65.0 Å². The van der Waals surface area contributed by atoms with Crippen LogP contribution in [0, 0.1) is 0 Å². The number of hydrogen-bond acceptors (Lipinski definition) is 7. The van der Waals surface area contributed by atoms with E-state index in [1.54, 1.807) is 0 Å². The van der Waals surface area contributed by atoms with Crippen LogP contribution in [0.3, 0.4) is 0 Å². The van der Waals surface area contributed by atoms with Crippen molar-refractivity contribution in [2.45, 2.75) is 70.1 Å². The summed E-state index contributed by atoms with van der Waals surface area (Å²) in [6.45, 7) is 5.22. The number of aliphatic hydroxyl groups excluding tert-OH is 1. The highest BCUT2D eigenvalue weighted by atomic mass is 32.1. The van der Waals surface area contributed by atoms with Crippen LogP contribution in [0.15, 0.2) is 18.7 Å². The summed E-state index contributed by atoms with van der Waals surface area (Å²) in [5, 5.41) is 22.1. The van der Waals surface area contributed by atoms with Gasteiger partial charge in [0.2, 0.25) is 0 Å². The number of likely N-dealkylation sites (tertiary alicyclic amines) is 1. The molecule has 34 heavy (non-hydrogen) atoms. The Morgan fingerprint density at radius 2 is 2.24 bits per heavy atom. The van der Waals surface area contributed by atoms with Crippen molar-refractivity contribution in [3.05, 3.63) is 51.0 Å². The van der Waals surface area contributed by atoms with Gasteiger partial charge in [-0.2, -0.15) is 18.3 Å². The number of nitrogens with zero attached hydrogens (tertiary/aromatic N) is 5. The fraction of sp³-hybridized carbons (Fsp3) is 0.591. The van der Waals surface area contributed by atoms with Crippen LogP contribution in [0.4, 0.5) is 13.2 Å². The van der Waals surface area contributed by atoms with Crippen LogP contribution in [0.5, 0.6) is 0 Å². The van der Waals surface area contributed by atoms with Crippen LogP contribution in [-0.2, 0) is 36.1 Å². The fourth-order valence-corrected chi connectivity index (χ4v) is 6.63. The van der Waals surface area contributed by atoms with E-state index in [0.717, 1.165) is 22.7 Å². The Kier molecular flexibility index (Phi) is 6.03. The molecule has 0 amide bonds. The molecule has 0 aromatic carbocycles. The molecular weight excluding hydrogens is 469 g/mol. The van der Waals surface area contributed by atoms with Gasteiger partial charge in [0.15, 0.2) is 5.82 Å². The molecule has 2 aliphatic heterocycles. The van der Waals surface area contributed by atoms with E-state index in [1.165, 1.54) is 6.33 Å². The second-order valence-corrected chi connectivity index (χ2v) is 10.1. The first-order valence-corrected chi connectivity index (χ1v) is 12.1. The Balaban J connectivity index is 1.33. The number of fused-ring (bicyclic) bond motifs is 2. The van der Waals surface area contributed by atoms with Gasteiger partial charge in [0.25, 0.3) is 0 Å². The Morgan fingerprint density at radius 1 is 1.41 bits per heavy atom. The zero-order valence-electron chi connectivity index (χ0n) is 19.0. The Labute approximate surface area is 198 Å². The summed E-state index contributed by atoms with van der Waals surface area (Å²) >= 11 is 0.755. The predicted molar refractivity (Wildman–Crippen MR) is 118 cm³/mol. The quantitative estimate of drug-likeness (QED) is 0.561. The van der Waals surface area contributed by atoms with Crippen molar-refractivity contribution in [1.82, 2.24) is 29.9 Å². The highest BCUT2D eigenvalue weighted by molar-refractivity contribution is 7.12. The molecule has 0 saturated carbocycles. The third kappa shape index (κ3) is 4.06. The molecule has 1 spiro atoms. The maximum absolute atomic E-state index is 13.6. The Hall–Kier alpha value is -2.28. The zero-order chi connectivity index (χ0) is 24.1. The van der Waals surface area contributed by atoms with Gasteiger partial charge in [-0.1, -0.05) is 0 Å². The number of aromatic nitrogens is 5. The number of rotatable bonds is 5. The van der Waals surface area contributed by atoms with Crippen LogP contribution in [0.2, 0.25) is 0 Å². The number of halogens is 3. The van der Waals surface area contributed by atoms with Gasteiger partial charge < -0.3 is 14.8 Å². The average molecular weight is 497 g/mol. The van der Waals surface area contributed by atoms with Gasteiger partial charge in [0.05, 0.1) is 19.4 Å². The maximum Gasteiger partial charge on any atom is 0.425 e. The zero-order valence-corrected chi connectivity index (χ0v) is 19.8. The minimum absolute atomic E-state index is 0.0264. The third-order valence-electron chi connectivity index (χ3n) is 7.00. The Morgan fingerprint density at radius 3 is 2.91 bits per heavy atom. The number of nitrogens with one attached hydrogen (secondary N) is 1. The third-order valence-corrected chi connectivity index (χ3v) is 8.50. The van der Waals surface area contributed by atoms with Crippen LogP contribution in [0.25, 0.3) is 0 Å². The number of hydrogen-bond donors (Lipinski definition) is 2. The molecule has 1 saturated heterocycles. The van der Waals surface area contributed by atoms with E-state index >= 15 is 0 Å². The summed E-state index contributed by atoms with van der Waals surface area (Å²) in [6.07, 6.45) is 2.50. The highest BCUT2D eigenvalue weighted by Crippen LogP contribution is 2.51. The topological polar surface area (TPSA) is 92.1 Å². The van der Waals surface area contributed by atoms with Gasteiger partial charge in [0.1, 0.15) is 22.8 Å². The van der Waals surface area contributed by atoms with E-state index < -0.39 is 23.3 Å². The minimum Gasteiger partial charge on any atom is -0.392 e. The number of piperidine rings is 1. The molecule has 184 valence electrons. The van der Waals surface area contributed by atoms with Crippen LogP contribution in [-0.4, -0.2) is 54.2 Å². The number of thiophene rings is 1. The van der Waals surface area contributed by atoms with Crippen molar-refractivity contribution in [2.75, 3.05) is 13.2 Å². The molecule has 12 heteroatoms. The van der Waals surface area contributed by atoms with Gasteiger partial charge in [0, 0.05) is 41.3 Å². The lowest BCUT2D eigenvalue weighted by Gasteiger charge is -2.47. The Bertz CT molecular complexity index is 1140. The molecule has 1 unspecified atom stereocenters. The first-order chi connectivity index (χ1) is 16.2. The molecule has 2 N–H and O–H groups in total. The number of aromatic amines is 1. The lowest BCUT2D eigenvalue weighted by molar-refractivity contribution is -0.135. The molecule has 8 nitrogen and oxygen atoms in total. The van der Waals surface area contributed by atoms with Crippen molar-refractivity contribution in [1.29, 1.82) is 0 Å². The van der Waals surface area contributed by atoms with Gasteiger partial charge in [-0.3, -0.25) is 9.58 Å². The van der Waals surface area contributed by atoms with Gasteiger partial charge in [-0.15, -0.1) is 21.5 Å². The van der Waals surface area contributed by atoms with Crippen molar-refractivity contribution in [3.8, 4) is 0 Å². The van der Waals surface area contributed by atoms with Gasteiger partial charge in [-0.25, -0.2) is 0 Å². The van der Waals surface area contributed by atoms with Crippen molar-refractivity contribution < 1.29 is 23.0 Å². The predicted octanol–water partition coefficient (Wildman–Crippen LogP) is 3.64. The summed E-state index contributed by atoms with van der Waals surface area (Å²) in [5.74, 6) is 0.726. The summed E-state index contributed by atoms with van der Waals surface area (Å²) in [6, 6.07) is 0.0264.